The van der Waals surface area contributed by atoms with Crippen LogP contribution in [0.15, 0.2) is 24.3 Å². The SMILES string of the molecule is CSC(CNC(=O)c1ccccc1[N+](=O)[O-])C(=O)NCC#N. The maximum atomic E-state index is 12.0. The number of nitro groups is 1. The number of amides is 2. The molecule has 0 heterocycles. The minimum absolute atomic E-state index is 0.00328. The molecule has 1 unspecified atom stereocenters. The standard InChI is InChI=1S/C13H14N4O4S/c1-22-11(13(19)15-7-6-14)8-16-12(18)9-4-2-3-5-10(9)17(20)21/h2-5,11H,7-8H2,1H3,(H,15,19)(H,16,18). The first-order valence-corrected chi connectivity index (χ1v) is 7.49. The normalized spacial score (nSPS) is 11.1. The second kappa shape index (κ2) is 8.63. The minimum Gasteiger partial charge on any atom is -0.350 e. The van der Waals surface area contributed by atoms with E-state index >= 15 is 0 Å². The molecule has 1 rings (SSSR count). The second-order valence-corrected chi connectivity index (χ2v) is 5.12. The molecule has 0 bridgehead atoms. The van der Waals surface area contributed by atoms with Gasteiger partial charge in [-0.25, -0.2) is 0 Å². The quantitative estimate of drug-likeness (QED) is 0.432. The van der Waals surface area contributed by atoms with E-state index in [-0.39, 0.29) is 30.2 Å². The Hall–Kier alpha value is -2.60. The molecule has 0 saturated carbocycles. The average Bonchev–Trinajstić information content (AvgIpc) is 2.53. The lowest BCUT2D eigenvalue weighted by molar-refractivity contribution is -0.385. The molecular weight excluding hydrogens is 308 g/mol. The first kappa shape index (κ1) is 17.5. The van der Waals surface area contributed by atoms with Gasteiger partial charge in [0.2, 0.25) is 5.91 Å². The van der Waals surface area contributed by atoms with Crippen LogP contribution in [0.2, 0.25) is 0 Å². The molecule has 22 heavy (non-hydrogen) atoms. The van der Waals surface area contributed by atoms with E-state index in [2.05, 4.69) is 10.6 Å². The third-order valence-corrected chi connectivity index (χ3v) is 3.66. The molecule has 1 aromatic rings. The fraction of sp³-hybridized carbons (Fsp3) is 0.308. The highest BCUT2D eigenvalue weighted by Gasteiger charge is 2.22. The van der Waals surface area contributed by atoms with Crippen LogP contribution < -0.4 is 10.6 Å². The van der Waals surface area contributed by atoms with Crippen LogP contribution in [-0.2, 0) is 4.79 Å². The van der Waals surface area contributed by atoms with Gasteiger partial charge in [0, 0.05) is 12.6 Å². The van der Waals surface area contributed by atoms with Gasteiger partial charge in [0.1, 0.15) is 17.4 Å². The molecule has 1 aromatic carbocycles. The first-order chi connectivity index (χ1) is 10.5. The summed E-state index contributed by atoms with van der Waals surface area (Å²) in [5.74, 6) is -1.00. The monoisotopic (exact) mass is 322 g/mol. The van der Waals surface area contributed by atoms with Crippen LogP contribution >= 0.6 is 11.8 Å². The molecule has 0 aliphatic heterocycles. The van der Waals surface area contributed by atoms with E-state index in [4.69, 9.17) is 5.26 Å². The number of carbonyl (C=O) groups is 2. The smallest absolute Gasteiger partial charge is 0.282 e. The van der Waals surface area contributed by atoms with Gasteiger partial charge in [-0.05, 0) is 12.3 Å². The molecule has 9 heteroatoms. The third kappa shape index (κ3) is 4.75. The van der Waals surface area contributed by atoms with Gasteiger partial charge < -0.3 is 10.6 Å². The summed E-state index contributed by atoms with van der Waals surface area (Å²) in [6.45, 7) is -0.114. The van der Waals surface area contributed by atoms with Gasteiger partial charge in [0.05, 0.1) is 11.0 Å². The molecule has 2 N–H and O–H groups in total. The van der Waals surface area contributed by atoms with Gasteiger partial charge in [-0.1, -0.05) is 12.1 Å². The maximum Gasteiger partial charge on any atom is 0.282 e. The molecule has 0 aromatic heterocycles. The topological polar surface area (TPSA) is 125 Å². The Bertz CT molecular complexity index is 614. The summed E-state index contributed by atoms with van der Waals surface area (Å²) in [6.07, 6.45) is 1.69. The Morgan fingerprint density at radius 1 is 1.41 bits per heavy atom. The van der Waals surface area contributed by atoms with Gasteiger partial charge in [0.15, 0.2) is 0 Å². The Morgan fingerprint density at radius 3 is 2.68 bits per heavy atom. The maximum absolute atomic E-state index is 12.0. The summed E-state index contributed by atoms with van der Waals surface area (Å²) < 4.78 is 0. The molecule has 0 spiro atoms. The number of para-hydroxylation sites is 1. The van der Waals surface area contributed by atoms with E-state index in [0.29, 0.717) is 0 Å². The van der Waals surface area contributed by atoms with Crippen molar-refractivity contribution in [2.75, 3.05) is 19.3 Å². The van der Waals surface area contributed by atoms with Crippen LogP contribution in [0.5, 0.6) is 0 Å². The van der Waals surface area contributed by atoms with E-state index in [1.807, 2.05) is 0 Å². The third-order valence-electron chi connectivity index (χ3n) is 2.71. The van der Waals surface area contributed by atoms with Crippen molar-refractivity contribution in [3.8, 4) is 6.07 Å². The summed E-state index contributed by atoms with van der Waals surface area (Å²) in [5.41, 5.74) is -0.362. The van der Waals surface area contributed by atoms with Crippen molar-refractivity contribution >= 4 is 29.3 Å². The average molecular weight is 322 g/mol. The van der Waals surface area contributed by atoms with Crippen molar-refractivity contribution in [1.29, 1.82) is 5.26 Å². The van der Waals surface area contributed by atoms with Crippen LogP contribution in [0.25, 0.3) is 0 Å². The molecule has 116 valence electrons. The number of rotatable bonds is 7. The Balaban J connectivity index is 2.71. The van der Waals surface area contributed by atoms with Crippen molar-refractivity contribution in [1.82, 2.24) is 10.6 Å². The van der Waals surface area contributed by atoms with E-state index in [9.17, 15) is 19.7 Å². The lowest BCUT2D eigenvalue weighted by atomic mass is 10.1. The summed E-state index contributed by atoms with van der Waals surface area (Å²) in [6, 6.07) is 7.35. The molecule has 8 nitrogen and oxygen atoms in total. The fourth-order valence-electron chi connectivity index (χ4n) is 1.63. The molecule has 0 aliphatic carbocycles. The van der Waals surface area contributed by atoms with E-state index in [1.165, 1.54) is 36.0 Å². The Morgan fingerprint density at radius 2 is 2.09 bits per heavy atom. The van der Waals surface area contributed by atoms with Crippen LogP contribution in [0.3, 0.4) is 0 Å². The fourth-order valence-corrected chi connectivity index (χ4v) is 2.18. The highest BCUT2D eigenvalue weighted by molar-refractivity contribution is 7.99. The Kier molecular flexibility index (Phi) is 6.85. The van der Waals surface area contributed by atoms with E-state index < -0.39 is 16.1 Å². The molecule has 1 atom stereocenters. The first-order valence-electron chi connectivity index (χ1n) is 6.20. The Labute approximate surface area is 131 Å². The number of nitrogens with one attached hydrogen (secondary N) is 2. The van der Waals surface area contributed by atoms with Crippen molar-refractivity contribution in [2.45, 2.75) is 5.25 Å². The number of carbonyl (C=O) groups excluding carboxylic acids is 2. The predicted molar refractivity (Wildman–Crippen MR) is 81.4 cm³/mol. The lowest BCUT2D eigenvalue weighted by Gasteiger charge is -2.14. The number of hydrogen-bond acceptors (Lipinski definition) is 6. The van der Waals surface area contributed by atoms with Crippen molar-refractivity contribution in [2.24, 2.45) is 0 Å². The molecule has 2 amide bonds. The van der Waals surface area contributed by atoms with Gasteiger partial charge in [-0.2, -0.15) is 17.0 Å². The number of benzene rings is 1. The molecule has 0 fully saturated rings. The molecule has 0 saturated heterocycles. The number of hydrogen-bond donors (Lipinski definition) is 2. The zero-order chi connectivity index (χ0) is 16.5. The van der Waals surface area contributed by atoms with E-state index in [0.717, 1.165) is 0 Å². The highest BCUT2D eigenvalue weighted by atomic mass is 32.2. The van der Waals surface area contributed by atoms with Gasteiger partial charge >= 0.3 is 0 Å². The predicted octanol–water partition coefficient (Wildman–Crippen LogP) is 0.696. The number of nitro benzene ring substituents is 1. The van der Waals surface area contributed by atoms with Crippen LogP contribution in [0.4, 0.5) is 5.69 Å². The zero-order valence-electron chi connectivity index (χ0n) is 11.7. The number of nitriles is 1. The number of nitrogens with zero attached hydrogens (tertiary/aromatic N) is 2. The summed E-state index contributed by atoms with van der Waals surface area (Å²) in [5, 5.41) is 23.6. The number of thioether (sulfide) groups is 1. The zero-order valence-corrected chi connectivity index (χ0v) is 12.6. The molecule has 0 aliphatic rings. The molecular formula is C13H14N4O4S. The van der Waals surface area contributed by atoms with Gasteiger partial charge in [0.25, 0.3) is 11.6 Å². The summed E-state index contributed by atoms with van der Waals surface area (Å²) >= 11 is 1.21. The van der Waals surface area contributed by atoms with Gasteiger partial charge in [-0.15, -0.1) is 0 Å². The highest BCUT2D eigenvalue weighted by Crippen LogP contribution is 2.17. The van der Waals surface area contributed by atoms with Crippen molar-refractivity contribution < 1.29 is 14.5 Å². The minimum atomic E-state index is -0.638. The van der Waals surface area contributed by atoms with Crippen molar-refractivity contribution in [3.05, 3.63) is 39.9 Å². The van der Waals surface area contributed by atoms with E-state index in [1.54, 1.807) is 12.3 Å². The second-order valence-electron chi connectivity index (χ2n) is 4.08. The lowest BCUT2D eigenvalue weighted by Crippen LogP contribution is -2.41. The van der Waals surface area contributed by atoms with Crippen LogP contribution in [0, 0.1) is 21.4 Å². The van der Waals surface area contributed by atoms with Crippen LogP contribution in [-0.4, -0.2) is 41.3 Å². The van der Waals surface area contributed by atoms with Crippen molar-refractivity contribution in [3.63, 3.8) is 0 Å². The van der Waals surface area contributed by atoms with Crippen LogP contribution in [0.1, 0.15) is 10.4 Å². The summed E-state index contributed by atoms with van der Waals surface area (Å²) in [4.78, 5) is 34.0. The summed E-state index contributed by atoms with van der Waals surface area (Å²) in [7, 11) is 0. The largest absolute Gasteiger partial charge is 0.350 e. The molecule has 0 radical (unpaired) electrons. The van der Waals surface area contributed by atoms with Gasteiger partial charge in [-0.3, -0.25) is 19.7 Å².